The molecule has 1 aromatic carbocycles. The summed E-state index contributed by atoms with van der Waals surface area (Å²) in [5.41, 5.74) is 1.48. The third-order valence-corrected chi connectivity index (χ3v) is 5.25. The fourth-order valence-electron chi connectivity index (χ4n) is 3.26. The molecule has 132 valence electrons. The normalized spacial score (nSPS) is 18.5. The van der Waals surface area contributed by atoms with Crippen LogP contribution in [-0.4, -0.2) is 41.6 Å². The van der Waals surface area contributed by atoms with E-state index in [9.17, 15) is 4.79 Å². The van der Waals surface area contributed by atoms with E-state index in [0.717, 1.165) is 44.0 Å². The minimum Gasteiger partial charge on any atom is -0.350 e. The van der Waals surface area contributed by atoms with Crippen molar-refractivity contribution in [3.8, 4) is 11.3 Å². The van der Waals surface area contributed by atoms with Gasteiger partial charge in [0.1, 0.15) is 5.69 Å². The van der Waals surface area contributed by atoms with Crippen LogP contribution in [0.3, 0.4) is 0 Å². The number of hydrogen-bond donors (Lipinski definition) is 1. The molecule has 2 heterocycles. The van der Waals surface area contributed by atoms with Crippen molar-refractivity contribution in [2.45, 2.75) is 31.7 Å². The number of benzene rings is 1. The lowest BCUT2D eigenvalue weighted by molar-refractivity contribution is 0.0663. The van der Waals surface area contributed by atoms with E-state index in [1.54, 1.807) is 12.1 Å². The Morgan fingerprint density at radius 1 is 1.24 bits per heavy atom. The van der Waals surface area contributed by atoms with Crippen molar-refractivity contribution >= 4 is 17.5 Å². The van der Waals surface area contributed by atoms with Gasteiger partial charge in [0.25, 0.3) is 5.91 Å². The van der Waals surface area contributed by atoms with Crippen molar-refractivity contribution in [2.24, 2.45) is 5.92 Å². The second-order valence-corrected chi connectivity index (χ2v) is 7.44. The van der Waals surface area contributed by atoms with Crippen LogP contribution in [0.5, 0.6) is 0 Å². The number of hydrogen-bond acceptors (Lipinski definition) is 4. The molecule has 5 nitrogen and oxygen atoms in total. The molecule has 2 fully saturated rings. The van der Waals surface area contributed by atoms with Gasteiger partial charge in [-0.15, -0.1) is 0 Å². The minimum atomic E-state index is -0.0820. The van der Waals surface area contributed by atoms with Crippen molar-refractivity contribution in [1.29, 1.82) is 0 Å². The van der Waals surface area contributed by atoms with Gasteiger partial charge in [0.05, 0.1) is 0 Å². The second-order valence-electron chi connectivity index (χ2n) is 7.00. The molecule has 1 aliphatic heterocycles. The third kappa shape index (κ3) is 4.05. The number of piperidine rings is 1. The van der Waals surface area contributed by atoms with E-state index in [1.807, 2.05) is 23.1 Å². The molecule has 2 aliphatic rings. The Bertz CT molecular complexity index is 749. The molecule has 1 aromatic heterocycles. The summed E-state index contributed by atoms with van der Waals surface area (Å²) < 4.78 is 5.29. The van der Waals surface area contributed by atoms with Crippen LogP contribution in [0, 0.1) is 5.92 Å². The highest BCUT2D eigenvalue weighted by atomic mass is 35.5. The minimum absolute atomic E-state index is 0.0820. The Kier molecular flexibility index (Phi) is 4.77. The van der Waals surface area contributed by atoms with E-state index in [1.165, 1.54) is 12.8 Å². The van der Waals surface area contributed by atoms with E-state index in [0.29, 0.717) is 22.5 Å². The third-order valence-electron chi connectivity index (χ3n) is 5.02. The first-order chi connectivity index (χ1) is 12.2. The molecule has 0 spiro atoms. The zero-order chi connectivity index (χ0) is 17.2. The average molecular weight is 360 g/mol. The highest BCUT2D eigenvalue weighted by molar-refractivity contribution is 6.30. The standard InChI is InChI=1S/C19H22ClN3O2/c20-15-3-1-2-14(10-15)17-11-18(25-22-17)19(24)23-8-6-16(7-9-23)21-12-13-4-5-13/h1-3,10-11,13,16,21H,4-9,12H2. The molecule has 2 aromatic rings. The number of carbonyl (C=O) groups is 1. The maximum Gasteiger partial charge on any atom is 0.292 e. The number of nitrogens with one attached hydrogen (secondary N) is 1. The highest BCUT2D eigenvalue weighted by Crippen LogP contribution is 2.28. The van der Waals surface area contributed by atoms with Gasteiger partial charge in [-0.05, 0) is 50.3 Å². The predicted octanol–water partition coefficient (Wildman–Crippen LogP) is 3.60. The SMILES string of the molecule is O=C(c1cc(-c2cccc(Cl)c2)no1)N1CCC(NCC2CC2)CC1. The molecule has 4 rings (SSSR count). The summed E-state index contributed by atoms with van der Waals surface area (Å²) >= 11 is 6.01. The Balaban J connectivity index is 1.35. The van der Waals surface area contributed by atoms with Crippen molar-refractivity contribution in [1.82, 2.24) is 15.4 Å². The van der Waals surface area contributed by atoms with Crippen molar-refractivity contribution < 1.29 is 9.32 Å². The van der Waals surface area contributed by atoms with Gasteiger partial charge in [-0.3, -0.25) is 4.79 Å². The van der Waals surface area contributed by atoms with E-state index in [-0.39, 0.29) is 5.91 Å². The van der Waals surface area contributed by atoms with Crippen LogP contribution in [-0.2, 0) is 0 Å². The predicted molar refractivity (Wildman–Crippen MR) is 96.6 cm³/mol. The highest BCUT2D eigenvalue weighted by Gasteiger charge is 2.28. The number of rotatable bonds is 5. The van der Waals surface area contributed by atoms with Crippen LogP contribution < -0.4 is 5.32 Å². The number of amides is 1. The lowest BCUT2D eigenvalue weighted by Crippen LogP contribution is -2.45. The molecule has 1 saturated heterocycles. The first kappa shape index (κ1) is 16.6. The van der Waals surface area contributed by atoms with E-state index >= 15 is 0 Å². The van der Waals surface area contributed by atoms with Crippen LogP contribution in [0.2, 0.25) is 5.02 Å². The van der Waals surface area contributed by atoms with Crippen LogP contribution in [0.1, 0.15) is 36.2 Å². The number of aromatic nitrogens is 1. The van der Waals surface area contributed by atoms with Crippen molar-refractivity contribution in [2.75, 3.05) is 19.6 Å². The largest absolute Gasteiger partial charge is 0.350 e. The summed E-state index contributed by atoms with van der Waals surface area (Å²) in [5.74, 6) is 1.10. The molecule has 1 amide bonds. The molecule has 6 heteroatoms. The lowest BCUT2D eigenvalue weighted by atomic mass is 10.0. The molecule has 1 saturated carbocycles. The van der Waals surface area contributed by atoms with Gasteiger partial charge in [0.2, 0.25) is 5.76 Å². The summed E-state index contributed by atoms with van der Waals surface area (Å²) in [6.07, 6.45) is 4.72. The van der Waals surface area contributed by atoms with Gasteiger partial charge in [0.15, 0.2) is 0 Å². The lowest BCUT2D eigenvalue weighted by Gasteiger charge is -2.31. The molecule has 0 bridgehead atoms. The summed E-state index contributed by atoms with van der Waals surface area (Å²) in [5, 5.41) is 8.28. The Labute approximate surface area is 152 Å². The smallest absolute Gasteiger partial charge is 0.292 e. The maximum atomic E-state index is 12.6. The molecule has 1 N–H and O–H groups in total. The van der Waals surface area contributed by atoms with Crippen LogP contribution in [0.4, 0.5) is 0 Å². The van der Waals surface area contributed by atoms with E-state index in [4.69, 9.17) is 16.1 Å². The fraction of sp³-hybridized carbons (Fsp3) is 0.474. The molecular formula is C19H22ClN3O2. The van der Waals surface area contributed by atoms with Crippen LogP contribution in [0.15, 0.2) is 34.9 Å². The molecule has 0 atom stereocenters. The Morgan fingerprint density at radius 3 is 2.76 bits per heavy atom. The van der Waals surface area contributed by atoms with Gasteiger partial charge in [-0.2, -0.15) is 0 Å². The van der Waals surface area contributed by atoms with E-state index < -0.39 is 0 Å². The van der Waals surface area contributed by atoms with Gasteiger partial charge < -0.3 is 14.7 Å². The molecule has 25 heavy (non-hydrogen) atoms. The molecular weight excluding hydrogens is 338 g/mol. The van der Waals surface area contributed by atoms with Crippen LogP contribution in [0.25, 0.3) is 11.3 Å². The molecule has 0 unspecified atom stereocenters. The number of nitrogens with zero attached hydrogens (tertiary/aromatic N) is 2. The van der Waals surface area contributed by atoms with Gasteiger partial charge in [-0.1, -0.05) is 28.9 Å². The molecule has 0 radical (unpaired) electrons. The van der Waals surface area contributed by atoms with Crippen molar-refractivity contribution in [3.63, 3.8) is 0 Å². The quantitative estimate of drug-likeness (QED) is 0.886. The summed E-state index contributed by atoms with van der Waals surface area (Å²) in [7, 11) is 0. The van der Waals surface area contributed by atoms with E-state index in [2.05, 4.69) is 10.5 Å². The van der Waals surface area contributed by atoms with Gasteiger partial charge >= 0.3 is 0 Å². The van der Waals surface area contributed by atoms with Gasteiger partial charge in [-0.25, -0.2) is 0 Å². The summed E-state index contributed by atoms with van der Waals surface area (Å²) in [6, 6.07) is 9.60. The monoisotopic (exact) mass is 359 g/mol. The zero-order valence-corrected chi connectivity index (χ0v) is 14.8. The Hall–Kier alpha value is -1.85. The first-order valence-electron chi connectivity index (χ1n) is 8.94. The first-order valence-corrected chi connectivity index (χ1v) is 9.32. The Morgan fingerprint density at radius 2 is 2.04 bits per heavy atom. The average Bonchev–Trinajstić information content (AvgIpc) is 3.33. The van der Waals surface area contributed by atoms with Crippen molar-refractivity contribution in [3.05, 3.63) is 41.1 Å². The second kappa shape index (κ2) is 7.18. The summed E-state index contributed by atoms with van der Waals surface area (Å²) in [6.45, 7) is 2.65. The summed E-state index contributed by atoms with van der Waals surface area (Å²) in [4.78, 5) is 14.5. The number of likely N-dealkylation sites (tertiary alicyclic amines) is 1. The topological polar surface area (TPSA) is 58.4 Å². The van der Waals surface area contributed by atoms with Gasteiger partial charge in [0, 0.05) is 35.8 Å². The zero-order valence-electron chi connectivity index (χ0n) is 14.1. The number of halogens is 1. The fourth-order valence-corrected chi connectivity index (χ4v) is 3.45. The van der Waals surface area contributed by atoms with Crippen LogP contribution >= 0.6 is 11.6 Å². The molecule has 1 aliphatic carbocycles. The number of carbonyl (C=O) groups excluding carboxylic acids is 1. The maximum absolute atomic E-state index is 12.6.